The molecule has 3 rings (SSSR count). The number of ether oxygens (including phenoxy) is 1. The van der Waals surface area contributed by atoms with Crippen LogP contribution in [0.1, 0.15) is 5.82 Å². The predicted octanol–water partition coefficient (Wildman–Crippen LogP) is 2.18. The Labute approximate surface area is 161 Å². The number of hydrogen-bond donors (Lipinski definition) is 1. The lowest BCUT2D eigenvalue weighted by Crippen LogP contribution is -2.34. The van der Waals surface area contributed by atoms with Crippen LogP contribution in [-0.2, 0) is 11.3 Å². The number of aromatic nitrogens is 2. The fourth-order valence-electron chi connectivity index (χ4n) is 2.64. The maximum absolute atomic E-state index is 12.5. The lowest BCUT2D eigenvalue weighted by molar-refractivity contribution is -0.129. The van der Waals surface area contributed by atoms with Gasteiger partial charge in [0.25, 0.3) is 5.56 Å². The third kappa shape index (κ3) is 4.35. The second-order valence-corrected chi connectivity index (χ2v) is 7.58. The highest BCUT2D eigenvalue weighted by Gasteiger charge is 2.13. The number of carbonyl (C=O) groups excluding carboxylic acids is 1. The molecule has 1 aromatic carbocycles. The van der Waals surface area contributed by atoms with Crippen LogP contribution >= 0.6 is 11.3 Å². The first-order valence-electron chi connectivity index (χ1n) is 8.43. The van der Waals surface area contributed by atoms with Gasteiger partial charge in [0.1, 0.15) is 16.3 Å². The van der Waals surface area contributed by atoms with Crippen LogP contribution in [-0.4, -0.2) is 60.5 Å². The van der Waals surface area contributed by atoms with Crippen LogP contribution in [0.25, 0.3) is 20.7 Å². The van der Waals surface area contributed by atoms with Crippen molar-refractivity contribution >= 4 is 27.5 Å². The molecule has 2 heterocycles. The maximum Gasteiger partial charge on any atom is 0.268 e. The van der Waals surface area contributed by atoms with E-state index in [0.717, 1.165) is 16.2 Å². The van der Waals surface area contributed by atoms with Gasteiger partial charge in [-0.2, -0.15) is 0 Å². The summed E-state index contributed by atoms with van der Waals surface area (Å²) in [4.78, 5) is 36.0. The summed E-state index contributed by atoms with van der Waals surface area (Å²) >= 11 is 1.41. The standard InChI is InChI=1S/C19H22N4O3S/c1-22(2)17(24)11-23(3)10-16-20-14-9-15(27-18(14)19(25)21-16)12-5-7-13(26-4)8-6-12/h5-9H,10-11H2,1-4H3,(H,20,21,25). The summed E-state index contributed by atoms with van der Waals surface area (Å²) in [5, 5.41) is 0. The van der Waals surface area contributed by atoms with Gasteiger partial charge in [0.15, 0.2) is 0 Å². The molecule has 0 bridgehead atoms. The molecule has 0 fully saturated rings. The number of rotatable bonds is 6. The zero-order valence-electron chi connectivity index (χ0n) is 15.8. The number of benzene rings is 1. The quantitative estimate of drug-likeness (QED) is 0.703. The van der Waals surface area contributed by atoms with Crippen LogP contribution in [0.3, 0.4) is 0 Å². The normalized spacial score (nSPS) is 11.1. The number of aromatic amines is 1. The molecule has 1 amide bonds. The summed E-state index contributed by atoms with van der Waals surface area (Å²) in [6, 6.07) is 9.61. The van der Waals surface area contributed by atoms with Crippen LogP contribution in [0.2, 0.25) is 0 Å². The largest absolute Gasteiger partial charge is 0.497 e. The summed E-state index contributed by atoms with van der Waals surface area (Å²) < 4.78 is 5.78. The van der Waals surface area contributed by atoms with Crippen molar-refractivity contribution in [3.05, 3.63) is 46.5 Å². The van der Waals surface area contributed by atoms with Gasteiger partial charge in [-0.15, -0.1) is 11.3 Å². The highest BCUT2D eigenvalue weighted by Crippen LogP contribution is 2.31. The Bertz CT molecular complexity index is 1010. The molecule has 0 aliphatic carbocycles. The summed E-state index contributed by atoms with van der Waals surface area (Å²) in [6.07, 6.45) is 0. The summed E-state index contributed by atoms with van der Waals surface area (Å²) in [5.41, 5.74) is 1.51. The molecule has 142 valence electrons. The molecule has 0 radical (unpaired) electrons. The van der Waals surface area contributed by atoms with E-state index in [9.17, 15) is 9.59 Å². The van der Waals surface area contributed by atoms with E-state index in [1.54, 1.807) is 21.2 Å². The molecule has 0 spiro atoms. The molecule has 0 saturated heterocycles. The Morgan fingerprint density at radius 2 is 1.93 bits per heavy atom. The highest BCUT2D eigenvalue weighted by atomic mass is 32.1. The van der Waals surface area contributed by atoms with Crippen molar-refractivity contribution in [1.82, 2.24) is 19.8 Å². The molecule has 8 heteroatoms. The first-order valence-corrected chi connectivity index (χ1v) is 9.25. The van der Waals surface area contributed by atoms with E-state index in [1.165, 1.54) is 16.2 Å². The van der Waals surface area contributed by atoms with E-state index in [2.05, 4.69) is 9.97 Å². The number of amides is 1. The van der Waals surface area contributed by atoms with Gasteiger partial charge in [-0.25, -0.2) is 4.98 Å². The van der Waals surface area contributed by atoms with E-state index in [4.69, 9.17) is 4.74 Å². The molecule has 0 aliphatic heterocycles. The smallest absolute Gasteiger partial charge is 0.268 e. The third-order valence-electron chi connectivity index (χ3n) is 4.13. The SMILES string of the molecule is COc1ccc(-c2cc3nc(CN(C)CC(=O)N(C)C)[nH]c(=O)c3s2)cc1. The molecule has 0 unspecified atom stereocenters. The predicted molar refractivity (Wildman–Crippen MR) is 107 cm³/mol. The molecule has 27 heavy (non-hydrogen) atoms. The van der Waals surface area contributed by atoms with Gasteiger partial charge in [-0.05, 0) is 42.9 Å². The van der Waals surface area contributed by atoms with Gasteiger partial charge < -0.3 is 14.6 Å². The van der Waals surface area contributed by atoms with Crippen molar-refractivity contribution in [2.24, 2.45) is 0 Å². The van der Waals surface area contributed by atoms with Crippen molar-refractivity contribution in [3.63, 3.8) is 0 Å². The molecule has 1 N–H and O–H groups in total. The number of thiophene rings is 1. The van der Waals surface area contributed by atoms with Gasteiger partial charge in [-0.3, -0.25) is 14.5 Å². The molecule has 0 saturated carbocycles. The van der Waals surface area contributed by atoms with Crippen LogP contribution in [0.5, 0.6) is 5.75 Å². The lowest BCUT2D eigenvalue weighted by atomic mass is 10.2. The zero-order chi connectivity index (χ0) is 19.6. The Morgan fingerprint density at radius 3 is 2.56 bits per heavy atom. The number of nitrogens with zero attached hydrogens (tertiary/aromatic N) is 3. The van der Waals surface area contributed by atoms with E-state index < -0.39 is 0 Å². The molecular formula is C19H22N4O3S. The van der Waals surface area contributed by atoms with Crippen molar-refractivity contribution in [1.29, 1.82) is 0 Å². The Kier molecular flexibility index (Phi) is 5.57. The fraction of sp³-hybridized carbons (Fsp3) is 0.316. The molecular weight excluding hydrogens is 364 g/mol. The third-order valence-corrected chi connectivity index (χ3v) is 5.30. The molecule has 0 atom stereocenters. The number of likely N-dealkylation sites (N-methyl/N-ethyl adjacent to an activating group) is 2. The van der Waals surface area contributed by atoms with Crippen LogP contribution in [0.15, 0.2) is 35.1 Å². The second kappa shape index (κ2) is 7.89. The first-order chi connectivity index (χ1) is 12.9. The number of nitrogens with one attached hydrogen (secondary N) is 1. The van der Waals surface area contributed by atoms with E-state index >= 15 is 0 Å². The number of H-pyrrole nitrogens is 1. The van der Waals surface area contributed by atoms with Crippen LogP contribution in [0, 0.1) is 0 Å². The Morgan fingerprint density at radius 1 is 1.22 bits per heavy atom. The monoisotopic (exact) mass is 386 g/mol. The zero-order valence-corrected chi connectivity index (χ0v) is 16.6. The van der Waals surface area contributed by atoms with Crippen molar-refractivity contribution in [2.45, 2.75) is 6.54 Å². The van der Waals surface area contributed by atoms with Crippen molar-refractivity contribution in [3.8, 4) is 16.2 Å². The van der Waals surface area contributed by atoms with Gasteiger partial charge in [-0.1, -0.05) is 0 Å². The minimum absolute atomic E-state index is 0.00162. The van der Waals surface area contributed by atoms with Gasteiger partial charge in [0, 0.05) is 19.0 Å². The maximum atomic E-state index is 12.5. The molecule has 7 nitrogen and oxygen atoms in total. The molecule has 3 aromatic rings. The van der Waals surface area contributed by atoms with E-state index in [-0.39, 0.29) is 18.0 Å². The van der Waals surface area contributed by atoms with E-state index in [0.29, 0.717) is 22.6 Å². The summed E-state index contributed by atoms with van der Waals surface area (Å²) in [6.45, 7) is 0.647. The fourth-order valence-corrected chi connectivity index (χ4v) is 3.64. The highest BCUT2D eigenvalue weighted by molar-refractivity contribution is 7.22. The summed E-state index contributed by atoms with van der Waals surface area (Å²) in [5.74, 6) is 1.33. The number of hydrogen-bond acceptors (Lipinski definition) is 6. The molecule has 2 aromatic heterocycles. The number of carbonyl (C=O) groups is 1. The van der Waals surface area contributed by atoms with Gasteiger partial charge >= 0.3 is 0 Å². The van der Waals surface area contributed by atoms with Gasteiger partial charge in [0.05, 0.1) is 25.7 Å². The van der Waals surface area contributed by atoms with Crippen LogP contribution < -0.4 is 10.3 Å². The minimum Gasteiger partial charge on any atom is -0.497 e. The minimum atomic E-state index is -0.160. The lowest BCUT2D eigenvalue weighted by Gasteiger charge is -2.18. The first kappa shape index (κ1) is 19.1. The number of methoxy groups -OCH3 is 1. The van der Waals surface area contributed by atoms with Crippen molar-refractivity contribution < 1.29 is 9.53 Å². The molecule has 0 aliphatic rings. The summed E-state index contributed by atoms with van der Waals surface area (Å²) in [7, 11) is 6.88. The van der Waals surface area contributed by atoms with Gasteiger partial charge in [0.2, 0.25) is 5.91 Å². The average molecular weight is 386 g/mol. The number of fused-ring (bicyclic) bond motifs is 1. The topological polar surface area (TPSA) is 78.5 Å². The second-order valence-electron chi connectivity index (χ2n) is 6.53. The Hall–Kier alpha value is -2.71. The average Bonchev–Trinajstić information content (AvgIpc) is 3.06. The van der Waals surface area contributed by atoms with Crippen molar-refractivity contribution in [2.75, 3.05) is 34.8 Å². The van der Waals surface area contributed by atoms with Crippen LogP contribution in [0.4, 0.5) is 0 Å². The Balaban J connectivity index is 1.85. The van der Waals surface area contributed by atoms with E-state index in [1.807, 2.05) is 42.3 Å².